The van der Waals surface area contributed by atoms with Crippen molar-refractivity contribution in [1.82, 2.24) is 4.98 Å². The van der Waals surface area contributed by atoms with E-state index >= 15 is 0 Å². The Morgan fingerprint density at radius 2 is 1.96 bits per heavy atom. The lowest BCUT2D eigenvalue weighted by Gasteiger charge is -2.13. The lowest BCUT2D eigenvalue weighted by molar-refractivity contribution is -0.139. The molecule has 0 N–H and O–H groups in total. The molecule has 0 aliphatic heterocycles. The summed E-state index contributed by atoms with van der Waals surface area (Å²) >= 11 is 0. The summed E-state index contributed by atoms with van der Waals surface area (Å²) < 4.78 is 4.77. The number of carbonyl (C=O) groups is 1. The van der Waals surface area contributed by atoms with E-state index in [-0.39, 0.29) is 12.4 Å². The molecule has 3 nitrogen and oxygen atoms in total. The lowest BCUT2D eigenvalue weighted by Crippen LogP contribution is -2.04. The number of rotatable bonds is 4. The Kier molecular flexibility index (Phi) is 4.61. The highest BCUT2D eigenvalue weighted by molar-refractivity contribution is 5.94. The Morgan fingerprint density at radius 3 is 2.71 bits per heavy atom. The minimum atomic E-state index is -0.230. The van der Waals surface area contributed by atoms with Crippen molar-refractivity contribution in [2.45, 2.75) is 26.2 Å². The number of esters is 1. The monoisotopic (exact) mass is 319 g/mol. The minimum absolute atomic E-state index is 0.230. The second-order valence-electron chi connectivity index (χ2n) is 6.25. The maximum absolute atomic E-state index is 11.6. The van der Waals surface area contributed by atoms with Crippen molar-refractivity contribution in [3.05, 3.63) is 65.9 Å². The molecule has 0 bridgehead atoms. The molecule has 0 spiro atoms. The zero-order valence-corrected chi connectivity index (χ0v) is 14.2. The van der Waals surface area contributed by atoms with Gasteiger partial charge in [-0.3, -0.25) is 9.78 Å². The van der Waals surface area contributed by atoms with Gasteiger partial charge >= 0.3 is 5.97 Å². The van der Waals surface area contributed by atoms with Crippen molar-refractivity contribution in [3.63, 3.8) is 0 Å². The van der Waals surface area contributed by atoms with Crippen molar-refractivity contribution in [1.29, 1.82) is 0 Å². The van der Waals surface area contributed by atoms with Gasteiger partial charge in [-0.2, -0.15) is 0 Å². The van der Waals surface area contributed by atoms with E-state index in [1.807, 2.05) is 30.5 Å². The fourth-order valence-electron chi connectivity index (χ4n) is 2.86. The van der Waals surface area contributed by atoms with Gasteiger partial charge in [-0.25, -0.2) is 0 Å². The zero-order chi connectivity index (χ0) is 17.1. The predicted octanol–water partition coefficient (Wildman–Crippen LogP) is 4.74. The number of fused-ring (bicyclic) bond motifs is 1. The summed E-state index contributed by atoms with van der Waals surface area (Å²) in [6, 6.07) is 16.5. The quantitative estimate of drug-likeness (QED) is 0.652. The van der Waals surface area contributed by atoms with Gasteiger partial charge in [0.25, 0.3) is 0 Å². The number of hydrogen-bond acceptors (Lipinski definition) is 3. The van der Waals surface area contributed by atoms with E-state index in [4.69, 9.17) is 4.74 Å². The van der Waals surface area contributed by atoms with Gasteiger partial charge in [0.2, 0.25) is 0 Å². The summed E-state index contributed by atoms with van der Waals surface area (Å²) in [5.41, 5.74) is 5.38. The van der Waals surface area contributed by atoms with Gasteiger partial charge < -0.3 is 4.74 Å². The van der Waals surface area contributed by atoms with Crippen LogP contribution in [0.15, 0.2) is 54.7 Å². The molecule has 0 saturated heterocycles. The van der Waals surface area contributed by atoms with Crippen molar-refractivity contribution < 1.29 is 9.53 Å². The number of nitrogens with zero attached hydrogens (tertiary/aromatic N) is 1. The first kappa shape index (κ1) is 16.2. The number of hydrogen-bond donors (Lipinski definition) is 0. The highest BCUT2D eigenvalue weighted by Gasteiger charge is 2.11. The normalized spacial score (nSPS) is 11.0. The van der Waals surface area contributed by atoms with Crippen molar-refractivity contribution in [3.8, 4) is 11.1 Å². The summed E-state index contributed by atoms with van der Waals surface area (Å²) in [7, 11) is 1.41. The Bertz CT molecular complexity index is 884. The first-order chi connectivity index (χ1) is 11.6. The van der Waals surface area contributed by atoms with Crippen LogP contribution in [0.4, 0.5) is 0 Å². The van der Waals surface area contributed by atoms with Crippen LogP contribution in [0.3, 0.4) is 0 Å². The molecule has 0 unspecified atom stereocenters. The summed E-state index contributed by atoms with van der Waals surface area (Å²) in [5.74, 6) is 0.206. The third-order valence-corrected chi connectivity index (χ3v) is 4.21. The molecular formula is C21H21NO2. The van der Waals surface area contributed by atoms with Crippen molar-refractivity contribution in [2.24, 2.45) is 0 Å². The maximum atomic E-state index is 11.6. The summed E-state index contributed by atoms with van der Waals surface area (Å²) in [6.07, 6.45) is 2.10. The van der Waals surface area contributed by atoms with Crippen LogP contribution in [-0.2, 0) is 16.0 Å². The van der Waals surface area contributed by atoms with E-state index in [2.05, 4.69) is 43.1 Å². The topological polar surface area (TPSA) is 39.2 Å². The smallest absolute Gasteiger partial charge is 0.309 e. The molecule has 1 heterocycles. The fraction of sp³-hybridized carbons (Fsp3) is 0.238. The van der Waals surface area contributed by atoms with E-state index in [9.17, 15) is 4.79 Å². The molecule has 3 heteroatoms. The largest absolute Gasteiger partial charge is 0.469 e. The van der Waals surface area contributed by atoms with Gasteiger partial charge in [-0.1, -0.05) is 44.2 Å². The van der Waals surface area contributed by atoms with Crippen molar-refractivity contribution in [2.75, 3.05) is 7.11 Å². The van der Waals surface area contributed by atoms with E-state index in [0.29, 0.717) is 5.92 Å². The van der Waals surface area contributed by atoms with Crippen LogP contribution in [0.5, 0.6) is 0 Å². The Labute approximate surface area is 142 Å². The zero-order valence-electron chi connectivity index (χ0n) is 14.2. The number of aromatic nitrogens is 1. The average Bonchev–Trinajstić information content (AvgIpc) is 2.60. The van der Waals surface area contributed by atoms with E-state index < -0.39 is 0 Å². The summed E-state index contributed by atoms with van der Waals surface area (Å²) in [6.45, 7) is 4.38. The van der Waals surface area contributed by atoms with Crippen LogP contribution in [0, 0.1) is 0 Å². The molecule has 0 fully saturated rings. The van der Waals surface area contributed by atoms with Gasteiger partial charge in [-0.05, 0) is 40.8 Å². The molecule has 0 radical (unpaired) electrons. The highest BCUT2D eigenvalue weighted by atomic mass is 16.5. The third-order valence-electron chi connectivity index (χ3n) is 4.21. The average molecular weight is 319 g/mol. The highest BCUT2D eigenvalue weighted by Crippen LogP contribution is 2.31. The number of ether oxygens (including phenoxy) is 1. The van der Waals surface area contributed by atoms with Gasteiger partial charge in [-0.15, -0.1) is 0 Å². The Morgan fingerprint density at radius 1 is 1.12 bits per heavy atom. The molecule has 0 aliphatic carbocycles. The van der Waals surface area contributed by atoms with Crippen LogP contribution >= 0.6 is 0 Å². The Hall–Kier alpha value is -2.68. The Balaban J connectivity index is 2.14. The number of benzene rings is 2. The molecule has 3 rings (SSSR count). The first-order valence-corrected chi connectivity index (χ1v) is 8.13. The molecular weight excluding hydrogens is 298 g/mol. The summed E-state index contributed by atoms with van der Waals surface area (Å²) in [4.78, 5) is 16.1. The van der Waals surface area contributed by atoms with E-state index in [1.165, 1.54) is 12.7 Å². The standard InChI is InChI=1S/C21H21NO2/c1-14(2)18-12-17-8-5-9-22-21(17)19(13-18)16-7-4-6-15(10-16)11-20(23)24-3/h4-10,12-14H,11H2,1-3H3. The molecule has 0 aliphatic rings. The fourth-order valence-corrected chi connectivity index (χ4v) is 2.86. The van der Waals surface area contributed by atoms with Gasteiger partial charge in [0.05, 0.1) is 19.0 Å². The summed E-state index contributed by atoms with van der Waals surface area (Å²) in [5, 5.41) is 1.14. The molecule has 0 atom stereocenters. The number of methoxy groups -OCH3 is 1. The van der Waals surface area contributed by atoms with Crippen LogP contribution in [0.2, 0.25) is 0 Å². The number of pyridine rings is 1. The van der Waals surface area contributed by atoms with Gasteiger partial charge in [0.15, 0.2) is 0 Å². The predicted molar refractivity (Wildman–Crippen MR) is 97.0 cm³/mol. The van der Waals surface area contributed by atoms with Gasteiger partial charge in [0, 0.05) is 17.1 Å². The maximum Gasteiger partial charge on any atom is 0.309 e. The second kappa shape index (κ2) is 6.83. The van der Waals surface area contributed by atoms with E-state index in [0.717, 1.165) is 27.6 Å². The van der Waals surface area contributed by atoms with Crippen LogP contribution in [-0.4, -0.2) is 18.1 Å². The van der Waals surface area contributed by atoms with Gasteiger partial charge in [0.1, 0.15) is 0 Å². The van der Waals surface area contributed by atoms with Crippen LogP contribution in [0.1, 0.15) is 30.9 Å². The second-order valence-corrected chi connectivity index (χ2v) is 6.25. The molecule has 0 amide bonds. The van der Waals surface area contributed by atoms with Crippen LogP contribution < -0.4 is 0 Å². The SMILES string of the molecule is COC(=O)Cc1cccc(-c2cc(C(C)C)cc3cccnc23)c1. The molecule has 3 aromatic rings. The third kappa shape index (κ3) is 3.30. The molecule has 0 saturated carbocycles. The number of carbonyl (C=O) groups excluding carboxylic acids is 1. The molecule has 24 heavy (non-hydrogen) atoms. The van der Waals surface area contributed by atoms with Crippen molar-refractivity contribution >= 4 is 16.9 Å². The molecule has 2 aromatic carbocycles. The molecule has 1 aromatic heterocycles. The first-order valence-electron chi connectivity index (χ1n) is 8.13. The lowest BCUT2D eigenvalue weighted by atomic mass is 9.93. The molecule has 122 valence electrons. The van der Waals surface area contributed by atoms with E-state index in [1.54, 1.807) is 0 Å². The minimum Gasteiger partial charge on any atom is -0.469 e. The van der Waals surface area contributed by atoms with Crippen LogP contribution in [0.25, 0.3) is 22.0 Å².